The van der Waals surface area contributed by atoms with E-state index in [9.17, 15) is 4.79 Å². The Labute approximate surface area is 118 Å². The number of benzene rings is 1. The summed E-state index contributed by atoms with van der Waals surface area (Å²) in [6.45, 7) is 4.50. The lowest BCUT2D eigenvalue weighted by atomic mass is 10.2. The van der Waals surface area contributed by atoms with E-state index in [0.29, 0.717) is 18.1 Å². The van der Waals surface area contributed by atoms with Gasteiger partial charge in [0.05, 0.1) is 5.56 Å². The van der Waals surface area contributed by atoms with Gasteiger partial charge in [0.15, 0.2) is 0 Å². The average molecular weight is 270 g/mol. The van der Waals surface area contributed by atoms with Gasteiger partial charge in [0.2, 0.25) is 5.95 Å². The Morgan fingerprint density at radius 1 is 1.15 bits per heavy atom. The molecule has 20 heavy (non-hydrogen) atoms. The Kier molecular flexibility index (Phi) is 4.65. The van der Waals surface area contributed by atoms with Crippen LogP contribution in [-0.2, 0) is 6.54 Å². The number of anilines is 1. The van der Waals surface area contributed by atoms with Crippen molar-refractivity contribution >= 4 is 11.9 Å². The zero-order valence-corrected chi connectivity index (χ0v) is 11.6. The lowest BCUT2D eigenvalue weighted by Crippen LogP contribution is -2.23. The maximum atomic E-state index is 11.9. The maximum Gasteiger partial charge on any atom is 0.254 e. The molecule has 0 aliphatic rings. The predicted octanol–water partition coefficient (Wildman–Crippen LogP) is 2.23. The van der Waals surface area contributed by atoms with Crippen LogP contribution in [0.1, 0.15) is 29.8 Å². The van der Waals surface area contributed by atoms with Crippen LogP contribution in [0.25, 0.3) is 0 Å². The Balaban J connectivity index is 1.92. The molecule has 0 aliphatic carbocycles. The van der Waals surface area contributed by atoms with Crippen molar-refractivity contribution in [3.05, 3.63) is 53.9 Å². The molecule has 5 heteroatoms. The van der Waals surface area contributed by atoms with Gasteiger partial charge in [0.25, 0.3) is 5.91 Å². The molecule has 5 nitrogen and oxygen atoms in total. The molecule has 0 saturated heterocycles. The van der Waals surface area contributed by atoms with Gasteiger partial charge in [0.1, 0.15) is 0 Å². The molecule has 1 aromatic heterocycles. The summed E-state index contributed by atoms with van der Waals surface area (Å²) in [6.07, 6.45) is 3.05. The molecule has 0 atom stereocenters. The molecule has 104 valence electrons. The van der Waals surface area contributed by atoms with Crippen LogP contribution >= 0.6 is 0 Å². The second-order valence-corrected chi connectivity index (χ2v) is 4.76. The highest BCUT2D eigenvalue weighted by Gasteiger charge is 2.07. The van der Waals surface area contributed by atoms with Crippen LogP contribution in [-0.4, -0.2) is 21.9 Å². The van der Waals surface area contributed by atoms with Crippen LogP contribution in [0, 0.1) is 0 Å². The molecule has 0 aliphatic heterocycles. The van der Waals surface area contributed by atoms with Crippen molar-refractivity contribution in [2.24, 2.45) is 0 Å². The van der Waals surface area contributed by atoms with Crippen molar-refractivity contribution in [1.82, 2.24) is 15.3 Å². The molecule has 0 saturated carbocycles. The number of hydrogen-bond donors (Lipinski definition) is 2. The Morgan fingerprint density at radius 2 is 1.80 bits per heavy atom. The van der Waals surface area contributed by atoms with Crippen molar-refractivity contribution < 1.29 is 4.79 Å². The number of carbonyl (C=O) groups is 1. The molecule has 0 radical (unpaired) electrons. The van der Waals surface area contributed by atoms with Crippen LogP contribution < -0.4 is 10.6 Å². The highest BCUT2D eigenvalue weighted by atomic mass is 16.1. The predicted molar refractivity (Wildman–Crippen MR) is 78.4 cm³/mol. The molecular formula is C15H18N4O. The van der Waals surface area contributed by atoms with Crippen LogP contribution in [0.5, 0.6) is 0 Å². The van der Waals surface area contributed by atoms with Crippen molar-refractivity contribution in [2.45, 2.75) is 26.4 Å². The SMILES string of the molecule is CC(C)Nc1ncc(C(=O)NCc2ccccc2)cn1. The summed E-state index contributed by atoms with van der Waals surface area (Å²) in [5, 5.41) is 5.91. The molecule has 2 rings (SSSR count). The maximum absolute atomic E-state index is 11.9. The Hall–Kier alpha value is -2.43. The summed E-state index contributed by atoms with van der Waals surface area (Å²) in [5.41, 5.74) is 1.51. The molecule has 1 aromatic carbocycles. The summed E-state index contributed by atoms with van der Waals surface area (Å²) >= 11 is 0. The first kappa shape index (κ1) is 14.0. The molecule has 2 aromatic rings. The van der Waals surface area contributed by atoms with Crippen molar-refractivity contribution in [3.8, 4) is 0 Å². The summed E-state index contributed by atoms with van der Waals surface area (Å²) < 4.78 is 0. The van der Waals surface area contributed by atoms with Crippen LogP contribution in [0.4, 0.5) is 5.95 Å². The highest BCUT2D eigenvalue weighted by molar-refractivity contribution is 5.93. The van der Waals surface area contributed by atoms with Gasteiger partial charge >= 0.3 is 0 Å². The molecular weight excluding hydrogens is 252 g/mol. The lowest BCUT2D eigenvalue weighted by Gasteiger charge is -2.08. The van der Waals surface area contributed by atoms with Crippen LogP contribution in [0.15, 0.2) is 42.7 Å². The first-order chi connectivity index (χ1) is 9.65. The number of hydrogen-bond acceptors (Lipinski definition) is 4. The van der Waals surface area contributed by atoms with E-state index in [-0.39, 0.29) is 11.9 Å². The number of carbonyl (C=O) groups excluding carboxylic acids is 1. The normalized spacial score (nSPS) is 10.3. The molecule has 0 unspecified atom stereocenters. The van der Waals surface area contributed by atoms with E-state index < -0.39 is 0 Å². The molecule has 1 heterocycles. The van der Waals surface area contributed by atoms with Gasteiger partial charge < -0.3 is 10.6 Å². The average Bonchev–Trinajstić information content (AvgIpc) is 2.46. The van der Waals surface area contributed by atoms with Gasteiger partial charge in [-0.15, -0.1) is 0 Å². The third-order valence-corrected chi connectivity index (χ3v) is 2.63. The monoisotopic (exact) mass is 270 g/mol. The van der Waals surface area contributed by atoms with Gasteiger partial charge in [-0.1, -0.05) is 30.3 Å². The number of aromatic nitrogens is 2. The zero-order valence-electron chi connectivity index (χ0n) is 11.6. The molecule has 0 bridgehead atoms. The van der Waals surface area contributed by atoms with Gasteiger partial charge in [0, 0.05) is 25.0 Å². The van der Waals surface area contributed by atoms with Gasteiger partial charge in [-0.3, -0.25) is 4.79 Å². The molecule has 0 fully saturated rings. The van der Waals surface area contributed by atoms with Crippen molar-refractivity contribution in [2.75, 3.05) is 5.32 Å². The van der Waals surface area contributed by atoms with Crippen molar-refractivity contribution in [1.29, 1.82) is 0 Å². The summed E-state index contributed by atoms with van der Waals surface area (Å²) in [5.74, 6) is 0.351. The quantitative estimate of drug-likeness (QED) is 0.874. The van der Waals surface area contributed by atoms with Crippen LogP contribution in [0.2, 0.25) is 0 Å². The topological polar surface area (TPSA) is 66.9 Å². The summed E-state index contributed by atoms with van der Waals surface area (Å²) in [7, 11) is 0. The second kappa shape index (κ2) is 6.65. The first-order valence-electron chi connectivity index (χ1n) is 6.56. The number of rotatable bonds is 5. The minimum absolute atomic E-state index is 0.176. The lowest BCUT2D eigenvalue weighted by molar-refractivity contribution is 0.0950. The van der Waals surface area contributed by atoms with E-state index in [0.717, 1.165) is 5.56 Å². The summed E-state index contributed by atoms with van der Waals surface area (Å²) in [6, 6.07) is 10.0. The third kappa shape index (κ3) is 4.05. The fourth-order valence-electron chi connectivity index (χ4n) is 1.66. The zero-order chi connectivity index (χ0) is 14.4. The third-order valence-electron chi connectivity index (χ3n) is 2.63. The first-order valence-corrected chi connectivity index (χ1v) is 6.56. The molecule has 1 amide bonds. The van der Waals surface area contributed by atoms with E-state index in [1.807, 2.05) is 44.2 Å². The fourth-order valence-corrected chi connectivity index (χ4v) is 1.66. The molecule has 0 spiro atoms. The minimum atomic E-state index is -0.176. The number of nitrogens with zero attached hydrogens (tertiary/aromatic N) is 2. The minimum Gasteiger partial charge on any atom is -0.352 e. The van der Waals surface area contributed by atoms with E-state index in [2.05, 4.69) is 20.6 Å². The van der Waals surface area contributed by atoms with Gasteiger partial charge in [-0.25, -0.2) is 9.97 Å². The van der Waals surface area contributed by atoms with E-state index in [1.54, 1.807) is 0 Å². The van der Waals surface area contributed by atoms with Gasteiger partial charge in [-0.2, -0.15) is 0 Å². The van der Waals surface area contributed by atoms with Gasteiger partial charge in [-0.05, 0) is 19.4 Å². The van der Waals surface area contributed by atoms with Crippen LogP contribution in [0.3, 0.4) is 0 Å². The second-order valence-electron chi connectivity index (χ2n) is 4.76. The van der Waals surface area contributed by atoms with E-state index >= 15 is 0 Å². The Bertz CT molecular complexity index is 552. The van der Waals surface area contributed by atoms with E-state index in [1.165, 1.54) is 12.4 Å². The fraction of sp³-hybridized carbons (Fsp3) is 0.267. The Morgan fingerprint density at radius 3 is 2.40 bits per heavy atom. The largest absolute Gasteiger partial charge is 0.352 e. The highest BCUT2D eigenvalue weighted by Crippen LogP contribution is 2.03. The smallest absolute Gasteiger partial charge is 0.254 e. The van der Waals surface area contributed by atoms with E-state index in [4.69, 9.17) is 0 Å². The number of nitrogens with one attached hydrogen (secondary N) is 2. The number of amides is 1. The standard InChI is InChI=1S/C15H18N4O/c1-11(2)19-15-17-9-13(10-18-15)14(20)16-8-12-6-4-3-5-7-12/h3-7,9-11H,8H2,1-2H3,(H,16,20)(H,17,18,19). The van der Waals surface area contributed by atoms with Crippen molar-refractivity contribution in [3.63, 3.8) is 0 Å². The summed E-state index contributed by atoms with van der Waals surface area (Å²) in [4.78, 5) is 20.2. The molecule has 2 N–H and O–H groups in total.